The topological polar surface area (TPSA) is 83.5 Å². The molecule has 30 heavy (non-hydrogen) atoms. The number of hydrogen-bond donors (Lipinski definition) is 1. The third kappa shape index (κ3) is 3.94. The first kappa shape index (κ1) is 20.5. The predicted octanol–water partition coefficient (Wildman–Crippen LogP) is 3.95. The molecule has 6 nitrogen and oxygen atoms in total. The van der Waals surface area contributed by atoms with Gasteiger partial charge in [-0.2, -0.15) is 4.31 Å². The number of Topliss-reactive ketones (excluding diaryl/α,β-unsaturated/α-hetero) is 1. The van der Waals surface area contributed by atoms with Crippen LogP contribution in [0.5, 0.6) is 0 Å². The molecule has 1 aromatic heterocycles. The van der Waals surface area contributed by atoms with Crippen LogP contribution in [0, 0.1) is 0 Å². The third-order valence-corrected chi connectivity index (χ3v) is 8.03. The van der Waals surface area contributed by atoms with Crippen LogP contribution in [0.2, 0.25) is 0 Å². The van der Waals surface area contributed by atoms with Gasteiger partial charge in [0.15, 0.2) is 5.78 Å². The Bertz CT molecular complexity index is 1210. The zero-order chi connectivity index (χ0) is 21.3. The lowest BCUT2D eigenvalue weighted by atomic mass is 10.0. The Kier molecular flexibility index (Phi) is 5.55. The van der Waals surface area contributed by atoms with Gasteiger partial charge in [-0.3, -0.25) is 9.59 Å². The Morgan fingerprint density at radius 2 is 1.70 bits per heavy atom. The Labute approximate surface area is 179 Å². The molecule has 0 atom stereocenters. The molecule has 0 saturated heterocycles. The third-order valence-electron chi connectivity index (χ3n) is 5.10. The van der Waals surface area contributed by atoms with Crippen LogP contribution in [0.3, 0.4) is 0 Å². The molecule has 4 rings (SSSR count). The summed E-state index contributed by atoms with van der Waals surface area (Å²) in [7, 11) is -3.81. The Morgan fingerprint density at radius 1 is 1.00 bits per heavy atom. The molecule has 0 aliphatic carbocycles. The van der Waals surface area contributed by atoms with E-state index < -0.39 is 15.9 Å². The van der Waals surface area contributed by atoms with Crippen molar-refractivity contribution in [3.05, 3.63) is 81.5 Å². The SMILES string of the molecule is CC(=O)c1ccc(NC(=O)c2sccc2S(=O)(=O)N2CCc3ccccc3C2)cc1. The summed E-state index contributed by atoms with van der Waals surface area (Å²) < 4.78 is 28.0. The standard InChI is InChI=1S/C22H20N2O4S2/c1-15(25)16-6-8-19(9-7-16)23-22(26)21-20(11-13-29-21)30(27,28)24-12-10-17-4-2-3-5-18(17)14-24/h2-9,11,13H,10,12,14H2,1H3,(H,23,26). The number of benzene rings is 2. The zero-order valence-electron chi connectivity index (χ0n) is 16.3. The van der Waals surface area contributed by atoms with E-state index in [1.54, 1.807) is 29.6 Å². The summed E-state index contributed by atoms with van der Waals surface area (Å²) in [6.45, 7) is 2.14. The van der Waals surface area contributed by atoms with E-state index in [0.29, 0.717) is 30.8 Å². The monoisotopic (exact) mass is 440 g/mol. The van der Waals surface area contributed by atoms with Gasteiger partial charge in [-0.25, -0.2) is 8.42 Å². The van der Waals surface area contributed by atoms with E-state index >= 15 is 0 Å². The van der Waals surface area contributed by atoms with E-state index in [-0.39, 0.29) is 15.6 Å². The highest BCUT2D eigenvalue weighted by atomic mass is 32.2. The Balaban J connectivity index is 1.56. The van der Waals surface area contributed by atoms with Crippen LogP contribution in [-0.2, 0) is 23.0 Å². The smallest absolute Gasteiger partial charge is 0.267 e. The average molecular weight is 441 g/mol. The first-order valence-electron chi connectivity index (χ1n) is 9.43. The van der Waals surface area contributed by atoms with Crippen molar-refractivity contribution >= 4 is 38.7 Å². The number of thiophene rings is 1. The summed E-state index contributed by atoms with van der Waals surface area (Å²) in [4.78, 5) is 24.3. The average Bonchev–Trinajstić information content (AvgIpc) is 3.25. The highest BCUT2D eigenvalue weighted by Crippen LogP contribution is 2.30. The van der Waals surface area contributed by atoms with Crippen molar-refractivity contribution in [1.29, 1.82) is 0 Å². The fourth-order valence-electron chi connectivity index (χ4n) is 3.46. The minimum absolute atomic E-state index is 0.0183. The molecule has 0 bridgehead atoms. The lowest BCUT2D eigenvalue weighted by molar-refractivity contribution is 0.101. The molecule has 0 fully saturated rings. The molecular formula is C22H20N2O4S2. The van der Waals surface area contributed by atoms with E-state index in [4.69, 9.17) is 0 Å². The fourth-order valence-corrected chi connectivity index (χ4v) is 6.17. The second-order valence-electron chi connectivity index (χ2n) is 7.06. The second-order valence-corrected chi connectivity index (χ2v) is 9.88. The summed E-state index contributed by atoms with van der Waals surface area (Å²) >= 11 is 1.09. The molecule has 1 aliphatic heterocycles. The van der Waals surface area contributed by atoms with Gasteiger partial charge in [0.1, 0.15) is 9.77 Å². The van der Waals surface area contributed by atoms with Crippen LogP contribution in [0.15, 0.2) is 64.9 Å². The largest absolute Gasteiger partial charge is 0.321 e. The van der Waals surface area contributed by atoms with Crippen molar-refractivity contribution in [3.8, 4) is 0 Å². The van der Waals surface area contributed by atoms with Gasteiger partial charge < -0.3 is 5.32 Å². The highest BCUT2D eigenvalue weighted by molar-refractivity contribution is 7.89. The minimum Gasteiger partial charge on any atom is -0.321 e. The quantitative estimate of drug-likeness (QED) is 0.609. The van der Waals surface area contributed by atoms with E-state index in [1.807, 2.05) is 24.3 Å². The number of rotatable bonds is 5. The number of fused-ring (bicyclic) bond motifs is 1. The number of anilines is 1. The lowest BCUT2D eigenvalue weighted by Gasteiger charge is -2.28. The van der Waals surface area contributed by atoms with E-state index in [0.717, 1.165) is 22.5 Å². The van der Waals surface area contributed by atoms with Crippen LogP contribution in [0.25, 0.3) is 0 Å². The Hall–Kier alpha value is -2.81. The number of carbonyl (C=O) groups is 2. The van der Waals surface area contributed by atoms with Crippen molar-refractivity contribution < 1.29 is 18.0 Å². The van der Waals surface area contributed by atoms with E-state index in [1.165, 1.54) is 17.3 Å². The number of nitrogens with one attached hydrogen (secondary N) is 1. The first-order valence-corrected chi connectivity index (χ1v) is 11.7. The number of carbonyl (C=O) groups excluding carboxylic acids is 2. The van der Waals surface area contributed by atoms with Crippen molar-refractivity contribution in [3.63, 3.8) is 0 Å². The molecule has 0 saturated carbocycles. The van der Waals surface area contributed by atoms with Crippen molar-refractivity contribution in [2.24, 2.45) is 0 Å². The molecule has 1 amide bonds. The molecule has 2 aromatic carbocycles. The van der Waals surface area contributed by atoms with Gasteiger partial charge in [0.2, 0.25) is 10.0 Å². The number of amides is 1. The van der Waals surface area contributed by atoms with Gasteiger partial charge in [0.25, 0.3) is 5.91 Å². The molecule has 1 N–H and O–H groups in total. The van der Waals surface area contributed by atoms with Crippen molar-refractivity contribution in [1.82, 2.24) is 4.31 Å². The molecule has 154 valence electrons. The molecule has 8 heteroatoms. The summed E-state index contributed by atoms with van der Waals surface area (Å²) in [5.41, 5.74) is 3.17. The molecular weight excluding hydrogens is 420 g/mol. The van der Waals surface area contributed by atoms with E-state index in [9.17, 15) is 18.0 Å². The van der Waals surface area contributed by atoms with Gasteiger partial charge in [-0.15, -0.1) is 11.3 Å². The van der Waals surface area contributed by atoms with Gasteiger partial charge in [-0.05, 0) is 60.2 Å². The van der Waals surface area contributed by atoms with Gasteiger partial charge >= 0.3 is 0 Å². The molecule has 0 radical (unpaired) electrons. The number of ketones is 1. The first-order chi connectivity index (χ1) is 14.4. The Morgan fingerprint density at radius 3 is 2.40 bits per heavy atom. The molecule has 0 spiro atoms. The second kappa shape index (κ2) is 8.14. The van der Waals surface area contributed by atoms with Crippen LogP contribution in [0.4, 0.5) is 5.69 Å². The summed E-state index contributed by atoms with van der Waals surface area (Å²) in [5, 5.41) is 4.33. The molecule has 2 heterocycles. The number of sulfonamides is 1. The van der Waals surface area contributed by atoms with Gasteiger partial charge in [-0.1, -0.05) is 24.3 Å². The van der Waals surface area contributed by atoms with Crippen molar-refractivity contribution in [2.45, 2.75) is 24.8 Å². The summed E-state index contributed by atoms with van der Waals surface area (Å²) in [5.74, 6) is -0.556. The molecule has 0 unspecified atom stereocenters. The molecule has 1 aliphatic rings. The van der Waals surface area contributed by atoms with Crippen LogP contribution in [0.1, 0.15) is 38.1 Å². The molecule has 3 aromatic rings. The predicted molar refractivity (Wildman–Crippen MR) is 116 cm³/mol. The highest BCUT2D eigenvalue weighted by Gasteiger charge is 2.32. The summed E-state index contributed by atoms with van der Waals surface area (Å²) in [6.07, 6.45) is 0.642. The maximum Gasteiger partial charge on any atom is 0.267 e. The lowest BCUT2D eigenvalue weighted by Crippen LogP contribution is -2.36. The van der Waals surface area contributed by atoms with Crippen LogP contribution < -0.4 is 5.32 Å². The summed E-state index contributed by atoms with van der Waals surface area (Å²) in [6, 6.07) is 15.8. The normalized spacial score (nSPS) is 14.2. The van der Waals surface area contributed by atoms with Crippen LogP contribution >= 0.6 is 11.3 Å². The van der Waals surface area contributed by atoms with E-state index in [2.05, 4.69) is 5.32 Å². The zero-order valence-corrected chi connectivity index (χ0v) is 17.9. The van der Waals surface area contributed by atoms with Gasteiger partial charge in [0.05, 0.1) is 0 Å². The van der Waals surface area contributed by atoms with Crippen LogP contribution in [-0.4, -0.2) is 31.0 Å². The minimum atomic E-state index is -3.81. The number of nitrogens with zero attached hydrogens (tertiary/aromatic N) is 1. The maximum atomic E-state index is 13.3. The number of hydrogen-bond acceptors (Lipinski definition) is 5. The fraction of sp³-hybridized carbons (Fsp3) is 0.182. The maximum absolute atomic E-state index is 13.3. The van der Waals surface area contributed by atoms with Crippen molar-refractivity contribution in [2.75, 3.05) is 11.9 Å². The van der Waals surface area contributed by atoms with Gasteiger partial charge in [0, 0.05) is 24.3 Å².